The minimum absolute atomic E-state index is 0.234. The highest BCUT2D eigenvalue weighted by Crippen LogP contribution is 2.08. The Morgan fingerprint density at radius 1 is 1.50 bits per heavy atom. The molecule has 0 aliphatic carbocycles. The maximum Gasteiger partial charge on any atom is 0.0744 e. The molecule has 1 heteroatoms. The summed E-state index contributed by atoms with van der Waals surface area (Å²) in [5, 5.41) is 9.31. The maximum absolute atomic E-state index is 9.31. The Morgan fingerprint density at radius 2 is 2.00 bits per heavy atom. The third kappa shape index (κ3) is 3.67. The highest BCUT2D eigenvalue weighted by molar-refractivity contribution is 5.04. The SMILES string of the molecule is CC[C@@H](O)/C(C)=C/C(C)C. The quantitative estimate of drug-likeness (QED) is 0.600. The molecule has 0 aliphatic rings. The summed E-state index contributed by atoms with van der Waals surface area (Å²) in [7, 11) is 0. The van der Waals surface area contributed by atoms with E-state index in [-0.39, 0.29) is 6.10 Å². The molecule has 0 rings (SSSR count). The van der Waals surface area contributed by atoms with Crippen molar-refractivity contribution < 1.29 is 5.11 Å². The van der Waals surface area contributed by atoms with Crippen molar-refractivity contribution in [2.75, 3.05) is 0 Å². The number of hydrogen-bond donors (Lipinski definition) is 1. The van der Waals surface area contributed by atoms with Crippen molar-refractivity contribution in [1.82, 2.24) is 0 Å². The lowest BCUT2D eigenvalue weighted by molar-refractivity contribution is 0.206. The number of rotatable bonds is 3. The van der Waals surface area contributed by atoms with Crippen LogP contribution in [-0.2, 0) is 0 Å². The van der Waals surface area contributed by atoms with Gasteiger partial charge in [0.25, 0.3) is 0 Å². The van der Waals surface area contributed by atoms with Gasteiger partial charge in [0.2, 0.25) is 0 Å². The molecular formula is C9H18O. The van der Waals surface area contributed by atoms with Gasteiger partial charge in [0.15, 0.2) is 0 Å². The molecule has 0 aromatic heterocycles. The van der Waals surface area contributed by atoms with Crippen LogP contribution < -0.4 is 0 Å². The molecule has 60 valence electrons. The van der Waals surface area contributed by atoms with Gasteiger partial charge in [-0.25, -0.2) is 0 Å². The normalized spacial score (nSPS) is 16.0. The Bertz CT molecular complexity index is 114. The Hall–Kier alpha value is -0.300. The summed E-state index contributed by atoms with van der Waals surface area (Å²) in [5.41, 5.74) is 1.09. The highest BCUT2D eigenvalue weighted by atomic mass is 16.3. The van der Waals surface area contributed by atoms with Crippen LogP contribution in [0.15, 0.2) is 11.6 Å². The van der Waals surface area contributed by atoms with Gasteiger partial charge in [-0.1, -0.05) is 26.8 Å². The van der Waals surface area contributed by atoms with Crippen LogP contribution in [-0.4, -0.2) is 11.2 Å². The van der Waals surface area contributed by atoms with Gasteiger partial charge in [-0.05, 0) is 24.8 Å². The molecule has 0 fully saturated rings. The average molecular weight is 142 g/mol. The van der Waals surface area contributed by atoms with Gasteiger partial charge in [0.1, 0.15) is 0 Å². The molecule has 1 atom stereocenters. The molecule has 10 heavy (non-hydrogen) atoms. The van der Waals surface area contributed by atoms with E-state index in [1.54, 1.807) is 0 Å². The van der Waals surface area contributed by atoms with E-state index in [9.17, 15) is 5.11 Å². The topological polar surface area (TPSA) is 20.2 Å². The van der Waals surface area contributed by atoms with Gasteiger partial charge in [-0.2, -0.15) is 0 Å². The summed E-state index contributed by atoms with van der Waals surface area (Å²) in [6.45, 7) is 8.20. The van der Waals surface area contributed by atoms with Crippen molar-refractivity contribution in [2.24, 2.45) is 5.92 Å². The van der Waals surface area contributed by atoms with Gasteiger partial charge >= 0.3 is 0 Å². The molecule has 0 bridgehead atoms. The van der Waals surface area contributed by atoms with Gasteiger partial charge in [0, 0.05) is 0 Å². The number of allylic oxidation sites excluding steroid dienone is 1. The summed E-state index contributed by atoms with van der Waals surface area (Å²) < 4.78 is 0. The van der Waals surface area contributed by atoms with Crippen LogP contribution >= 0.6 is 0 Å². The Balaban J connectivity index is 3.91. The van der Waals surface area contributed by atoms with Crippen LogP contribution in [0.25, 0.3) is 0 Å². The summed E-state index contributed by atoms with van der Waals surface area (Å²) >= 11 is 0. The number of aliphatic hydroxyl groups excluding tert-OH is 1. The fourth-order valence-electron chi connectivity index (χ4n) is 0.959. The molecule has 0 saturated heterocycles. The van der Waals surface area contributed by atoms with Gasteiger partial charge in [-0.3, -0.25) is 0 Å². The summed E-state index contributed by atoms with van der Waals surface area (Å²) in [6.07, 6.45) is 2.69. The van der Waals surface area contributed by atoms with E-state index in [0.29, 0.717) is 5.92 Å². The van der Waals surface area contributed by atoms with Crippen LogP contribution in [0.5, 0.6) is 0 Å². The Labute approximate surface area is 63.8 Å². The monoisotopic (exact) mass is 142 g/mol. The second kappa shape index (κ2) is 4.51. The lowest BCUT2D eigenvalue weighted by atomic mass is 10.0. The molecular weight excluding hydrogens is 124 g/mol. The summed E-state index contributed by atoms with van der Waals surface area (Å²) in [6, 6.07) is 0. The van der Waals surface area contributed by atoms with Crippen molar-refractivity contribution in [3.05, 3.63) is 11.6 Å². The minimum atomic E-state index is -0.234. The molecule has 0 unspecified atom stereocenters. The third-order valence-corrected chi connectivity index (χ3v) is 1.51. The largest absolute Gasteiger partial charge is 0.389 e. The molecule has 0 aromatic rings. The minimum Gasteiger partial charge on any atom is -0.389 e. The van der Waals surface area contributed by atoms with Crippen molar-refractivity contribution in [1.29, 1.82) is 0 Å². The second-order valence-corrected chi connectivity index (χ2v) is 3.08. The third-order valence-electron chi connectivity index (χ3n) is 1.51. The van der Waals surface area contributed by atoms with Crippen molar-refractivity contribution >= 4 is 0 Å². The van der Waals surface area contributed by atoms with E-state index in [4.69, 9.17) is 0 Å². The molecule has 0 radical (unpaired) electrons. The molecule has 1 nitrogen and oxygen atoms in total. The standard InChI is InChI=1S/C9H18O/c1-5-9(10)8(4)6-7(2)3/h6-7,9-10H,5H2,1-4H3/b8-6+/t9-/m1/s1. The zero-order valence-electron chi connectivity index (χ0n) is 7.39. The Morgan fingerprint density at radius 3 is 2.30 bits per heavy atom. The van der Waals surface area contributed by atoms with Crippen LogP contribution in [0.2, 0.25) is 0 Å². The first kappa shape index (κ1) is 9.70. The van der Waals surface area contributed by atoms with E-state index >= 15 is 0 Å². The fourth-order valence-corrected chi connectivity index (χ4v) is 0.959. The molecule has 0 heterocycles. The molecule has 0 amide bonds. The number of hydrogen-bond acceptors (Lipinski definition) is 1. The smallest absolute Gasteiger partial charge is 0.0744 e. The van der Waals surface area contributed by atoms with E-state index in [1.165, 1.54) is 0 Å². The van der Waals surface area contributed by atoms with Crippen LogP contribution in [0, 0.1) is 5.92 Å². The lowest BCUT2D eigenvalue weighted by Crippen LogP contribution is -2.06. The predicted molar refractivity (Wildman–Crippen MR) is 44.9 cm³/mol. The first-order chi connectivity index (χ1) is 4.57. The molecule has 0 spiro atoms. The highest BCUT2D eigenvalue weighted by Gasteiger charge is 2.02. The summed E-state index contributed by atoms with van der Waals surface area (Å²) in [4.78, 5) is 0. The molecule has 0 saturated carbocycles. The molecule has 0 aromatic carbocycles. The van der Waals surface area contributed by atoms with Crippen LogP contribution in [0.4, 0.5) is 0 Å². The maximum atomic E-state index is 9.31. The van der Waals surface area contributed by atoms with Gasteiger partial charge in [-0.15, -0.1) is 0 Å². The first-order valence-electron chi connectivity index (χ1n) is 3.94. The molecule has 0 aliphatic heterocycles. The fraction of sp³-hybridized carbons (Fsp3) is 0.778. The van der Waals surface area contributed by atoms with Crippen LogP contribution in [0.1, 0.15) is 34.1 Å². The van der Waals surface area contributed by atoms with Crippen molar-refractivity contribution in [3.8, 4) is 0 Å². The van der Waals surface area contributed by atoms with Gasteiger partial charge in [0.05, 0.1) is 6.10 Å². The zero-order valence-corrected chi connectivity index (χ0v) is 7.39. The second-order valence-electron chi connectivity index (χ2n) is 3.08. The zero-order chi connectivity index (χ0) is 8.15. The lowest BCUT2D eigenvalue weighted by Gasteiger charge is -2.08. The molecule has 1 N–H and O–H groups in total. The van der Waals surface area contributed by atoms with Crippen molar-refractivity contribution in [2.45, 2.75) is 40.2 Å². The predicted octanol–water partition coefficient (Wildman–Crippen LogP) is 2.36. The first-order valence-corrected chi connectivity index (χ1v) is 3.94. The summed E-state index contributed by atoms with van der Waals surface area (Å²) in [5.74, 6) is 0.543. The van der Waals surface area contributed by atoms with Crippen LogP contribution in [0.3, 0.4) is 0 Å². The van der Waals surface area contributed by atoms with E-state index in [1.807, 2.05) is 13.8 Å². The van der Waals surface area contributed by atoms with Gasteiger partial charge < -0.3 is 5.11 Å². The number of aliphatic hydroxyl groups is 1. The van der Waals surface area contributed by atoms with E-state index < -0.39 is 0 Å². The average Bonchev–Trinajstić information content (AvgIpc) is 1.85. The van der Waals surface area contributed by atoms with E-state index in [2.05, 4.69) is 19.9 Å². The van der Waals surface area contributed by atoms with Crippen molar-refractivity contribution in [3.63, 3.8) is 0 Å². The van der Waals surface area contributed by atoms with E-state index in [0.717, 1.165) is 12.0 Å². The Kier molecular flexibility index (Phi) is 4.37.